The van der Waals surface area contributed by atoms with Crippen LogP contribution in [-0.2, 0) is 22.6 Å². The van der Waals surface area contributed by atoms with Crippen molar-refractivity contribution in [1.29, 1.82) is 0 Å². The second kappa shape index (κ2) is 9.41. The predicted octanol–water partition coefficient (Wildman–Crippen LogP) is 3.43. The van der Waals surface area contributed by atoms with Crippen LogP contribution in [0.25, 0.3) is 5.76 Å². The molecule has 2 N–H and O–H groups in total. The average Bonchev–Trinajstić information content (AvgIpc) is 3.58. The molecular formula is C27H27N3O6. The molecule has 9 heteroatoms. The minimum atomic E-state index is -0.842. The van der Waals surface area contributed by atoms with Crippen molar-refractivity contribution in [3.05, 3.63) is 77.4 Å². The quantitative estimate of drug-likeness (QED) is 0.297. The standard InChI is InChI=1S/C27H27N3O6/c1-16-12-19-13-18(5-7-21(19)36-16)25(32)23-24(17-4-6-20(31)22(14-17)35-2)30(27(34)26(23)33)10-3-9-29-11-8-28-15-29/h4-8,11,13-16,24,31-32H,3,9-10,12H2,1-2H3/t16-,24+/m1/s1. The van der Waals surface area contributed by atoms with Crippen LogP contribution in [0.2, 0.25) is 0 Å². The Labute approximate surface area is 208 Å². The number of ether oxygens (including phenoxy) is 2. The molecule has 0 unspecified atom stereocenters. The Morgan fingerprint density at radius 2 is 2.03 bits per heavy atom. The molecule has 1 amide bonds. The van der Waals surface area contributed by atoms with E-state index in [0.29, 0.717) is 30.5 Å². The van der Waals surface area contributed by atoms with E-state index in [-0.39, 0.29) is 35.5 Å². The predicted molar refractivity (Wildman–Crippen MR) is 131 cm³/mol. The van der Waals surface area contributed by atoms with E-state index in [4.69, 9.17) is 9.47 Å². The lowest BCUT2D eigenvalue weighted by Crippen LogP contribution is -2.31. The Morgan fingerprint density at radius 3 is 2.78 bits per heavy atom. The molecule has 2 atom stereocenters. The van der Waals surface area contributed by atoms with Crippen LogP contribution in [0, 0.1) is 0 Å². The molecule has 0 spiro atoms. The number of methoxy groups -OCH3 is 1. The first-order chi connectivity index (χ1) is 17.4. The third kappa shape index (κ3) is 4.17. The first kappa shape index (κ1) is 23.5. The lowest BCUT2D eigenvalue weighted by Gasteiger charge is -2.26. The van der Waals surface area contributed by atoms with Crippen LogP contribution >= 0.6 is 0 Å². The van der Waals surface area contributed by atoms with Crippen LogP contribution in [0.4, 0.5) is 0 Å². The third-order valence-corrected chi connectivity index (χ3v) is 6.60. The van der Waals surface area contributed by atoms with Crippen molar-refractivity contribution in [3.8, 4) is 17.2 Å². The maximum atomic E-state index is 13.3. The summed E-state index contributed by atoms with van der Waals surface area (Å²) in [7, 11) is 1.43. The number of rotatable bonds is 7. The van der Waals surface area contributed by atoms with Crippen LogP contribution < -0.4 is 9.47 Å². The van der Waals surface area contributed by atoms with Gasteiger partial charge in [0.1, 0.15) is 17.6 Å². The number of carbonyl (C=O) groups is 2. The lowest BCUT2D eigenvalue weighted by atomic mass is 9.94. The molecule has 2 aliphatic heterocycles. The zero-order valence-corrected chi connectivity index (χ0v) is 20.0. The number of aryl methyl sites for hydroxylation is 1. The van der Waals surface area contributed by atoms with Gasteiger partial charge in [-0.05, 0) is 54.8 Å². The van der Waals surface area contributed by atoms with E-state index in [1.54, 1.807) is 42.9 Å². The lowest BCUT2D eigenvalue weighted by molar-refractivity contribution is -0.139. The Morgan fingerprint density at radius 1 is 1.19 bits per heavy atom. The summed E-state index contributed by atoms with van der Waals surface area (Å²) in [4.78, 5) is 32.0. The Kier molecular flexibility index (Phi) is 6.13. The van der Waals surface area contributed by atoms with Crippen LogP contribution in [0.3, 0.4) is 0 Å². The minimum Gasteiger partial charge on any atom is -0.507 e. The van der Waals surface area contributed by atoms with Crippen molar-refractivity contribution in [2.75, 3.05) is 13.7 Å². The van der Waals surface area contributed by atoms with E-state index in [9.17, 15) is 19.8 Å². The number of hydrogen-bond donors (Lipinski definition) is 2. The molecule has 186 valence electrons. The van der Waals surface area contributed by atoms with Gasteiger partial charge in [-0.3, -0.25) is 9.59 Å². The maximum absolute atomic E-state index is 13.3. The van der Waals surface area contributed by atoms with Gasteiger partial charge in [0.05, 0.1) is 25.1 Å². The number of likely N-dealkylation sites (tertiary alicyclic amines) is 1. The number of hydrogen-bond acceptors (Lipinski definition) is 7. The van der Waals surface area contributed by atoms with Gasteiger partial charge in [0.2, 0.25) is 0 Å². The van der Waals surface area contributed by atoms with E-state index >= 15 is 0 Å². The first-order valence-electron chi connectivity index (χ1n) is 11.8. The molecule has 3 aromatic rings. The molecule has 2 aliphatic rings. The van der Waals surface area contributed by atoms with E-state index < -0.39 is 17.7 Å². The highest BCUT2D eigenvalue weighted by atomic mass is 16.5. The van der Waals surface area contributed by atoms with Gasteiger partial charge in [0, 0.05) is 37.5 Å². The summed E-state index contributed by atoms with van der Waals surface area (Å²) in [6.45, 7) is 2.85. The summed E-state index contributed by atoms with van der Waals surface area (Å²) < 4.78 is 12.9. The molecule has 1 fully saturated rings. The minimum absolute atomic E-state index is 0.00212. The topological polar surface area (TPSA) is 114 Å². The monoisotopic (exact) mass is 489 g/mol. The van der Waals surface area contributed by atoms with Crippen molar-refractivity contribution < 1.29 is 29.3 Å². The normalized spacial score (nSPS) is 20.4. The van der Waals surface area contributed by atoms with Crippen molar-refractivity contribution in [3.63, 3.8) is 0 Å². The molecule has 36 heavy (non-hydrogen) atoms. The van der Waals surface area contributed by atoms with Gasteiger partial charge >= 0.3 is 0 Å². The highest BCUT2D eigenvalue weighted by Crippen LogP contribution is 2.42. The van der Waals surface area contributed by atoms with E-state index in [0.717, 1.165) is 11.3 Å². The van der Waals surface area contributed by atoms with Crippen LogP contribution in [0.1, 0.15) is 36.1 Å². The van der Waals surface area contributed by atoms with Gasteiger partial charge in [0.25, 0.3) is 11.7 Å². The molecule has 5 rings (SSSR count). The highest BCUT2D eigenvalue weighted by Gasteiger charge is 2.46. The molecule has 9 nitrogen and oxygen atoms in total. The number of aliphatic hydroxyl groups is 1. The second-order valence-corrected chi connectivity index (χ2v) is 9.03. The largest absolute Gasteiger partial charge is 0.507 e. The molecule has 0 radical (unpaired) electrons. The summed E-state index contributed by atoms with van der Waals surface area (Å²) in [6.07, 6.45) is 6.49. The molecule has 3 heterocycles. The third-order valence-electron chi connectivity index (χ3n) is 6.60. The summed E-state index contributed by atoms with van der Waals surface area (Å²) in [5, 5.41) is 21.5. The van der Waals surface area contributed by atoms with E-state index in [1.165, 1.54) is 18.1 Å². The molecule has 0 bridgehead atoms. The Hall–Kier alpha value is -4.27. The number of aromatic nitrogens is 2. The van der Waals surface area contributed by atoms with Gasteiger partial charge in [-0.1, -0.05) is 6.07 Å². The molecule has 2 aromatic carbocycles. The SMILES string of the molecule is COc1cc([C@H]2C(=C(O)c3ccc4c(c3)C[C@@H](C)O4)C(=O)C(=O)N2CCCn2ccnc2)ccc1O. The van der Waals surface area contributed by atoms with Crippen molar-refractivity contribution in [2.45, 2.75) is 38.5 Å². The zero-order valence-electron chi connectivity index (χ0n) is 20.0. The Balaban J connectivity index is 1.56. The van der Waals surface area contributed by atoms with Crippen molar-refractivity contribution in [2.24, 2.45) is 0 Å². The molecule has 0 aliphatic carbocycles. The molecule has 1 saturated heterocycles. The Bertz CT molecular complexity index is 1350. The number of aliphatic hydroxyl groups excluding tert-OH is 1. The van der Waals surface area contributed by atoms with Gasteiger partial charge in [0.15, 0.2) is 11.5 Å². The number of benzene rings is 2. The maximum Gasteiger partial charge on any atom is 0.295 e. The second-order valence-electron chi connectivity index (χ2n) is 9.03. The zero-order chi connectivity index (χ0) is 25.4. The summed E-state index contributed by atoms with van der Waals surface area (Å²) >= 11 is 0. The molecule has 1 aromatic heterocycles. The number of aromatic hydroxyl groups is 1. The number of Topliss-reactive ketones (excluding diaryl/α,β-unsaturated/α-hetero) is 1. The molecular weight excluding hydrogens is 462 g/mol. The average molecular weight is 490 g/mol. The van der Waals surface area contributed by atoms with Gasteiger partial charge in [-0.15, -0.1) is 0 Å². The van der Waals surface area contributed by atoms with Crippen molar-refractivity contribution in [1.82, 2.24) is 14.5 Å². The van der Waals surface area contributed by atoms with E-state index in [1.807, 2.05) is 17.7 Å². The van der Waals surface area contributed by atoms with Crippen LogP contribution in [-0.4, -0.2) is 56.1 Å². The number of fused-ring (bicyclic) bond motifs is 1. The smallest absolute Gasteiger partial charge is 0.295 e. The number of amides is 1. The van der Waals surface area contributed by atoms with Gasteiger partial charge in [-0.2, -0.15) is 0 Å². The number of nitrogens with zero attached hydrogens (tertiary/aromatic N) is 3. The summed E-state index contributed by atoms with van der Waals surface area (Å²) in [5.41, 5.74) is 1.93. The van der Waals surface area contributed by atoms with E-state index in [2.05, 4.69) is 4.98 Å². The summed E-state index contributed by atoms with van der Waals surface area (Å²) in [5.74, 6) is -0.787. The molecule has 0 saturated carbocycles. The van der Waals surface area contributed by atoms with Gasteiger partial charge < -0.3 is 29.2 Å². The number of carbonyl (C=O) groups excluding carboxylic acids is 2. The van der Waals surface area contributed by atoms with Crippen LogP contribution in [0.5, 0.6) is 17.2 Å². The number of phenolic OH excluding ortho intramolecular Hbond substituents is 1. The highest BCUT2D eigenvalue weighted by molar-refractivity contribution is 6.46. The number of phenols is 1. The van der Waals surface area contributed by atoms with Crippen molar-refractivity contribution >= 4 is 17.4 Å². The summed E-state index contributed by atoms with van der Waals surface area (Å²) in [6, 6.07) is 9.08. The van der Waals surface area contributed by atoms with Crippen LogP contribution in [0.15, 0.2) is 60.7 Å². The number of ketones is 1. The first-order valence-corrected chi connectivity index (χ1v) is 11.8. The fourth-order valence-corrected chi connectivity index (χ4v) is 4.89. The fraction of sp³-hybridized carbons (Fsp3) is 0.296. The fourth-order valence-electron chi connectivity index (χ4n) is 4.89. The van der Waals surface area contributed by atoms with Gasteiger partial charge in [-0.25, -0.2) is 4.98 Å². The number of imidazole rings is 1.